The molecule has 3 aromatic rings. The number of amides is 1. The van der Waals surface area contributed by atoms with Gasteiger partial charge in [0, 0.05) is 9.50 Å². The van der Waals surface area contributed by atoms with Crippen molar-refractivity contribution >= 4 is 55.4 Å². The summed E-state index contributed by atoms with van der Waals surface area (Å²) in [4.78, 5) is 12.5. The Labute approximate surface area is 199 Å². The van der Waals surface area contributed by atoms with Crippen LogP contribution in [0.4, 0.5) is 5.69 Å². The largest absolute Gasteiger partial charge is 0.497 e. The molecule has 0 saturated carbocycles. The predicted molar refractivity (Wildman–Crippen MR) is 129 cm³/mol. The van der Waals surface area contributed by atoms with Crippen LogP contribution in [0, 0.1) is 0 Å². The maximum atomic E-state index is 13.3. The van der Waals surface area contributed by atoms with Crippen LogP contribution in [-0.2, 0) is 14.8 Å². The first kappa shape index (κ1) is 23.8. The first-order chi connectivity index (χ1) is 15.3. The number of rotatable bonds is 8. The molecule has 0 aliphatic heterocycles. The highest BCUT2D eigenvalue weighted by molar-refractivity contribution is 9.10. The molecule has 0 unspecified atom stereocenters. The van der Waals surface area contributed by atoms with Gasteiger partial charge in [-0.15, -0.1) is 0 Å². The molecule has 1 amide bonds. The molecule has 0 radical (unpaired) electrons. The average Bonchev–Trinajstić information content (AvgIpc) is 2.78. The van der Waals surface area contributed by atoms with Crippen molar-refractivity contribution < 1.29 is 17.9 Å². The van der Waals surface area contributed by atoms with Crippen molar-refractivity contribution in [3.05, 3.63) is 87.9 Å². The number of sulfonamides is 1. The van der Waals surface area contributed by atoms with Crippen molar-refractivity contribution in [2.45, 2.75) is 4.90 Å². The van der Waals surface area contributed by atoms with E-state index < -0.39 is 22.5 Å². The van der Waals surface area contributed by atoms with E-state index in [4.69, 9.17) is 16.3 Å². The molecular formula is C22H19BrClN3O4S. The van der Waals surface area contributed by atoms with Crippen LogP contribution in [0.15, 0.2) is 87.3 Å². The highest BCUT2D eigenvalue weighted by Crippen LogP contribution is 2.27. The molecule has 0 aliphatic rings. The minimum Gasteiger partial charge on any atom is -0.497 e. The van der Waals surface area contributed by atoms with Crippen LogP contribution in [-0.4, -0.2) is 34.2 Å². The Kier molecular flexibility index (Phi) is 7.89. The second kappa shape index (κ2) is 10.6. The summed E-state index contributed by atoms with van der Waals surface area (Å²) in [5, 5.41) is 4.25. The van der Waals surface area contributed by atoms with Gasteiger partial charge >= 0.3 is 0 Å². The Morgan fingerprint density at radius 2 is 1.81 bits per heavy atom. The first-order valence-corrected chi connectivity index (χ1v) is 11.9. The van der Waals surface area contributed by atoms with Crippen LogP contribution in [0.5, 0.6) is 5.75 Å². The van der Waals surface area contributed by atoms with E-state index in [0.717, 1.165) is 14.3 Å². The summed E-state index contributed by atoms with van der Waals surface area (Å²) in [5.41, 5.74) is 3.38. The second-order valence-electron chi connectivity index (χ2n) is 6.51. The highest BCUT2D eigenvalue weighted by atomic mass is 79.9. The SMILES string of the molecule is COc1ccc(S(=O)(=O)N(CC(=O)N/N=C\c2ccc(Br)cc2)c2cccc(Cl)c2)cc1. The first-order valence-electron chi connectivity index (χ1n) is 9.29. The van der Waals surface area contributed by atoms with Gasteiger partial charge in [0.2, 0.25) is 0 Å². The van der Waals surface area contributed by atoms with Crippen molar-refractivity contribution in [2.24, 2.45) is 5.10 Å². The van der Waals surface area contributed by atoms with Crippen molar-refractivity contribution in [1.29, 1.82) is 0 Å². The van der Waals surface area contributed by atoms with Crippen molar-refractivity contribution in [3.8, 4) is 5.75 Å². The average molecular weight is 537 g/mol. The molecule has 7 nitrogen and oxygen atoms in total. The molecule has 3 rings (SSSR count). The van der Waals surface area contributed by atoms with E-state index in [1.54, 1.807) is 18.2 Å². The lowest BCUT2D eigenvalue weighted by Gasteiger charge is -2.24. The summed E-state index contributed by atoms with van der Waals surface area (Å²) in [6, 6.07) is 19.5. The summed E-state index contributed by atoms with van der Waals surface area (Å²) in [7, 11) is -2.58. The Morgan fingerprint density at radius 1 is 1.12 bits per heavy atom. The third-order valence-corrected chi connectivity index (χ3v) is 6.86. The second-order valence-corrected chi connectivity index (χ2v) is 9.73. The fourth-order valence-electron chi connectivity index (χ4n) is 2.71. The number of ether oxygens (including phenoxy) is 1. The van der Waals surface area contributed by atoms with Gasteiger partial charge in [-0.3, -0.25) is 9.10 Å². The van der Waals surface area contributed by atoms with E-state index in [9.17, 15) is 13.2 Å². The van der Waals surface area contributed by atoms with Gasteiger partial charge in [0.1, 0.15) is 12.3 Å². The number of carbonyl (C=O) groups is 1. The molecule has 0 heterocycles. The molecule has 166 valence electrons. The van der Waals surface area contributed by atoms with Crippen LogP contribution < -0.4 is 14.5 Å². The van der Waals surface area contributed by atoms with Crippen molar-refractivity contribution in [1.82, 2.24) is 5.43 Å². The third-order valence-electron chi connectivity index (χ3n) is 4.30. The fraction of sp³-hybridized carbons (Fsp3) is 0.0909. The zero-order valence-corrected chi connectivity index (χ0v) is 20.1. The van der Waals surface area contributed by atoms with E-state index in [1.807, 2.05) is 24.3 Å². The lowest BCUT2D eigenvalue weighted by atomic mass is 10.2. The molecule has 0 bridgehead atoms. The van der Waals surface area contributed by atoms with Gasteiger partial charge in [0.25, 0.3) is 15.9 Å². The molecule has 0 aliphatic carbocycles. The Morgan fingerprint density at radius 3 is 2.44 bits per heavy atom. The number of nitrogens with one attached hydrogen (secondary N) is 1. The molecule has 0 spiro atoms. The molecule has 0 saturated heterocycles. The standard InChI is InChI=1S/C22H19BrClN3O4S/c1-31-20-9-11-21(12-10-20)32(29,30)27(19-4-2-3-18(24)13-19)15-22(28)26-25-14-16-5-7-17(23)8-6-16/h2-14H,15H2,1H3,(H,26,28)/b25-14-. The molecule has 3 aromatic carbocycles. The molecule has 1 N–H and O–H groups in total. The Bertz CT molecular complexity index is 1220. The highest BCUT2D eigenvalue weighted by Gasteiger charge is 2.27. The van der Waals surface area contributed by atoms with Gasteiger partial charge in [0.15, 0.2) is 0 Å². The monoisotopic (exact) mass is 535 g/mol. The van der Waals surface area contributed by atoms with Gasteiger partial charge in [-0.1, -0.05) is 45.7 Å². The van der Waals surface area contributed by atoms with Crippen LogP contribution in [0.1, 0.15) is 5.56 Å². The Hall–Kier alpha value is -2.88. The zero-order chi connectivity index (χ0) is 23.1. The summed E-state index contributed by atoms with van der Waals surface area (Å²) in [6.45, 7) is -0.494. The topological polar surface area (TPSA) is 88.1 Å². The van der Waals surface area contributed by atoms with Crippen LogP contribution in [0.25, 0.3) is 0 Å². The zero-order valence-electron chi connectivity index (χ0n) is 16.9. The number of hydrogen-bond acceptors (Lipinski definition) is 5. The molecular weight excluding hydrogens is 518 g/mol. The number of benzene rings is 3. The minimum atomic E-state index is -4.07. The van der Waals surface area contributed by atoms with Gasteiger partial charge in [-0.25, -0.2) is 13.8 Å². The predicted octanol–water partition coefficient (Wildman–Crippen LogP) is 4.46. The lowest BCUT2D eigenvalue weighted by Crippen LogP contribution is -2.39. The van der Waals surface area contributed by atoms with Crippen molar-refractivity contribution in [2.75, 3.05) is 18.0 Å². The van der Waals surface area contributed by atoms with Gasteiger partial charge < -0.3 is 4.74 Å². The van der Waals surface area contributed by atoms with Gasteiger partial charge in [-0.05, 0) is 60.2 Å². The number of methoxy groups -OCH3 is 1. The fourth-order valence-corrected chi connectivity index (χ4v) is 4.58. The van der Waals surface area contributed by atoms with Gasteiger partial charge in [0.05, 0.1) is 23.9 Å². The molecule has 0 atom stereocenters. The van der Waals surface area contributed by atoms with Crippen molar-refractivity contribution in [3.63, 3.8) is 0 Å². The van der Waals surface area contributed by atoms with E-state index >= 15 is 0 Å². The third kappa shape index (κ3) is 6.09. The summed E-state index contributed by atoms with van der Waals surface area (Å²) in [6.07, 6.45) is 1.46. The van der Waals surface area contributed by atoms with Crippen LogP contribution in [0.3, 0.4) is 0 Å². The number of hydrogen-bond donors (Lipinski definition) is 1. The van der Waals surface area contributed by atoms with Crippen LogP contribution >= 0.6 is 27.5 Å². The van der Waals surface area contributed by atoms with E-state index in [1.165, 1.54) is 43.7 Å². The minimum absolute atomic E-state index is 0.00411. The Balaban J connectivity index is 1.84. The summed E-state index contributed by atoms with van der Waals surface area (Å²) in [5.74, 6) is -0.103. The molecule has 10 heteroatoms. The molecule has 32 heavy (non-hydrogen) atoms. The van der Waals surface area contributed by atoms with E-state index in [0.29, 0.717) is 10.8 Å². The number of nitrogens with zero attached hydrogens (tertiary/aromatic N) is 2. The van der Waals surface area contributed by atoms with E-state index in [-0.39, 0.29) is 10.6 Å². The maximum absolute atomic E-state index is 13.3. The number of hydrazone groups is 1. The quantitative estimate of drug-likeness (QED) is 0.340. The number of anilines is 1. The normalized spacial score (nSPS) is 11.3. The molecule has 0 fully saturated rings. The molecule has 0 aromatic heterocycles. The number of halogens is 2. The maximum Gasteiger partial charge on any atom is 0.264 e. The van der Waals surface area contributed by atoms with E-state index in [2.05, 4.69) is 26.5 Å². The lowest BCUT2D eigenvalue weighted by molar-refractivity contribution is -0.119. The van der Waals surface area contributed by atoms with Crippen LogP contribution in [0.2, 0.25) is 5.02 Å². The summed E-state index contributed by atoms with van der Waals surface area (Å²) < 4.78 is 33.6. The van der Waals surface area contributed by atoms with Gasteiger partial charge in [-0.2, -0.15) is 5.10 Å². The number of carbonyl (C=O) groups excluding carboxylic acids is 1. The summed E-state index contributed by atoms with van der Waals surface area (Å²) >= 11 is 9.40. The smallest absolute Gasteiger partial charge is 0.264 e.